The van der Waals surface area contributed by atoms with E-state index in [-0.39, 0.29) is 5.92 Å². The van der Waals surface area contributed by atoms with Crippen molar-refractivity contribution in [2.45, 2.75) is 18.4 Å². The van der Waals surface area contributed by atoms with E-state index in [4.69, 9.17) is 0 Å². The number of aliphatic carboxylic acids is 1. The number of nitrogens with zero attached hydrogens (tertiary/aromatic N) is 2. The summed E-state index contributed by atoms with van der Waals surface area (Å²) in [5, 5.41) is 10.0. The van der Waals surface area contributed by atoms with Crippen LogP contribution in [0.2, 0.25) is 0 Å². The second-order valence-corrected chi connectivity index (χ2v) is 8.44. The summed E-state index contributed by atoms with van der Waals surface area (Å²) in [6.07, 6.45) is 0.734. The zero-order valence-corrected chi connectivity index (χ0v) is 18.8. The third-order valence-electron chi connectivity index (χ3n) is 6.24. The molecule has 1 aliphatic rings. The van der Waals surface area contributed by atoms with Gasteiger partial charge in [0.15, 0.2) is 0 Å². The zero-order chi connectivity index (χ0) is 22.9. The highest BCUT2D eigenvalue weighted by Crippen LogP contribution is 2.27. The van der Waals surface area contributed by atoms with Gasteiger partial charge in [0.1, 0.15) is 6.04 Å². The molecule has 0 aliphatic carbocycles. The van der Waals surface area contributed by atoms with Crippen LogP contribution in [0.5, 0.6) is 0 Å². The summed E-state index contributed by atoms with van der Waals surface area (Å²) in [7, 11) is 0. The SMILES string of the molecule is O=C(O)[C@@H]1CN(CCC#Cc2ccccc2)CCN1CC(c1ccccc1)c1ccccc1. The van der Waals surface area contributed by atoms with Gasteiger partial charge in [-0.05, 0) is 23.3 Å². The van der Waals surface area contributed by atoms with Crippen molar-refractivity contribution in [3.05, 3.63) is 108 Å². The molecule has 0 aromatic heterocycles. The Morgan fingerprint density at radius 1 is 0.879 bits per heavy atom. The molecule has 4 rings (SSSR count). The maximum Gasteiger partial charge on any atom is 0.322 e. The van der Waals surface area contributed by atoms with Crippen LogP contribution in [0.3, 0.4) is 0 Å². The molecule has 33 heavy (non-hydrogen) atoms. The summed E-state index contributed by atoms with van der Waals surface area (Å²) < 4.78 is 0. The van der Waals surface area contributed by atoms with Gasteiger partial charge >= 0.3 is 5.97 Å². The third-order valence-corrected chi connectivity index (χ3v) is 6.24. The molecule has 4 heteroatoms. The topological polar surface area (TPSA) is 43.8 Å². The van der Waals surface area contributed by atoms with Crippen LogP contribution >= 0.6 is 0 Å². The summed E-state index contributed by atoms with van der Waals surface area (Å²) in [4.78, 5) is 16.6. The van der Waals surface area contributed by atoms with Crippen LogP contribution in [0.25, 0.3) is 0 Å². The average molecular weight is 439 g/mol. The molecule has 1 N–H and O–H groups in total. The van der Waals surface area contributed by atoms with Crippen molar-refractivity contribution < 1.29 is 9.90 Å². The lowest BCUT2D eigenvalue weighted by Crippen LogP contribution is -2.57. The molecule has 1 aliphatic heterocycles. The van der Waals surface area contributed by atoms with Crippen molar-refractivity contribution in [1.29, 1.82) is 0 Å². The zero-order valence-electron chi connectivity index (χ0n) is 18.8. The molecular formula is C29H30N2O2. The highest BCUT2D eigenvalue weighted by molar-refractivity contribution is 5.74. The van der Waals surface area contributed by atoms with Crippen molar-refractivity contribution in [2.24, 2.45) is 0 Å². The number of carbonyl (C=O) groups is 1. The van der Waals surface area contributed by atoms with E-state index in [0.717, 1.165) is 31.6 Å². The van der Waals surface area contributed by atoms with Crippen LogP contribution in [0.15, 0.2) is 91.0 Å². The minimum atomic E-state index is -0.755. The first kappa shape index (κ1) is 22.8. The molecule has 0 saturated carbocycles. The van der Waals surface area contributed by atoms with E-state index in [9.17, 15) is 9.90 Å². The number of benzene rings is 3. The highest BCUT2D eigenvalue weighted by Gasteiger charge is 2.33. The molecular weight excluding hydrogens is 408 g/mol. The highest BCUT2D eigenvalue weighted by atomic mass is 16.4. The van der Waals surface area contributed by atoms with Gasteiger partial charge in [-0.15, -0.1) is 0 Å². The first-order chi connectivity index (χ1) is 16.2. The fourth-order valence-corrected chi connectivity index (χ4v) is 4.44. The van der Waals surface area contributed by atoms with Crippen LogP contribution in [0.4, 0.5) is 0 Å². The lowest BCUT2D eigenvalue weighted by molar-refractivity contribution is -0.146. The molecule has 0 spiro atoms. The quantitative estimate of drug-likeness (QED) is 0.558. The first-order valence-corrected chi connectivity index (χ1v) is 11.5. The predicted octanol–water partition coefficient (Wildman–Crippen LogP) is 4.33. The number of carboxylic acids is 1. The van der Waals surface area contributed by atoms with E-state index in [2.05, 4.69) is 45.9 Å². The normalized spacial score (nSPS) is 16.8. The summed E-state index contributed by atoms with van der Waals surface area (Å²) in [5.41, 5.74) is 3.44. The molecule has 3 aromatic rings. The Morgan fingerprint density at radius 2 is 1.45 bits per heavy atom. The lowest BCUT2D eigenvalue weighted by Gasteiger charge is -2.40. The molecule has 1 saturated heterocycles. The first-order valence-electron chi connectivity index (χ1n) is 11.5. The van der Waals surface area contributed by atoms with Gasteiger partial charge in [-0.25, -0.2) is 0 Å². The van der Waals surface area contributed by atoms with Crippen molar-refractivity contribution in [1.82, 2.24) is 9.80 Å². The van der Waals surface area contributed by atoms with Crippen LogP contribution in [0.1, 0.15) is 29.0 Å². The number of carboxylic acid groups (broad SMARTS) is 1. The lowest BCUT2D eigenvalue weighted by atomic mass is 9.90. The standard InChI is InChI=1S/C29H30N2O2/c32-29(33)28-23-30(19-11-10-14-24-12-4-1-5-13-24)20-21-31(28)22-27(25-15-6-2-7-16-25)26-17-8-3-9-18-26/h1-9,12-13,15-18,27-28H,11,19-23H2,(H,32,33)/t28-/m0/s1. The summed E-state index contributed by atoms with van der Waals surface area (Å²) in [5.74, 6) is 5.79. The Hall–Kier alpha value is -3.39. The predicted molar refractivity (Wildman–Crippen MR) is 132 cm³/mol. The Bertz CT molecular complexity index is 1030. The van der Waals surface area contributed by atoms with Crippen molar-refractivity contribution in [3.63, 3.8) is 0 Å². The van der Waals surface area contributed by atoms with Gasteiger partial charge in [0.2, 0.25) is 0 Å². The molecule has 0 amide bonds. The second-order valence-electron chi connectivity index (χ2n) is 8.44. The van der Waals surface area contributed by atoms with E-state index in [1.807, 2.05) is 66.7 Å². The fraction of sp³-hybridized carbons (Fsp3) is 0.276. The van der Waals surface area contributed by atoms with Gasteiger partial charge in [-0.1, -0.05) is 90.7 Å². The van der Waals surface area contributed by atoms with Crippen LogP contribution < -0.4 is 0 Å². The summed E-state index contributed by atoms with van der Waals surface area (Å²) >= 11 is 0. The van der Waals surface area contributed by atoms with Crippen molar-refractivity contribution >= 4 is 5.97 Å². The van der Waals surface area contributed by atoms with E-state index in [1.54, 1.807) is 0 Å². The molecule has 4 nitrogen and oxygen atoms in total. The number of hydrogen-bond donors (Lipinski definition) is 1. The molecule has 0 bridgehead atoms. The van der Waals surface area contributed by atoms with Crippen molar-refractivity contribution in [2.75, 3.05) is 32.7 Å². The maximum absolute atomic E-state index is 12.2. The van der Waals surface area contributed by atoms with Gasteiger partial charge in [-0.2, -0.15) is 0 Å². The Labute approximate surface area is 196 Å². The van der Waals surface area contributed by atoms with E-state index in [1.165, 1.54) is 11.1 Å². The minimum Gasteiger partial charge on any atom is -0.480 e. The molecule has 0 radical (unpaired) electrons. The summed E-state index contributed by atoms with van der Waals surface area (Å²) in [6.45, 7) is 3.59. The number of piperazine rings is 1. The van der Waals surface area contributed by atoms with E-state index in [0.29, 0.717) is 13.1 Å². The van der Waals surface area contributed by atoms with E-state index < -0.39 is 12.0 Å². The van der Waals surface area contributed by atoms with Crippen LogP contribution in [-0.2, 0) is 4.79 Å². The smallest absolute Gasteiger partial charge is 0.322 e. The minimum absolute atomic E-state index is 0.137. The number of rotatable bonds is 7. The largest absolute Gasteiger partial charge is 0.480 e. The van der Waals surface area contributed by atoms with Crippen molar-refractivity contribution in [3.8, 4) is 11.8 Å². The molecule has 1 fully saturated rings. The van der Waals surface area contributed by atoms with Gasteiger partial charge in [0.05, 0.1) is 0 Å². The van der Waals surface area contributed by atoms with Crippen LogP contribution in [0, 0.1) is 11.8 Å². The van der Waals surface area contributed by atoms with Gasteiger partial charge < -0.3 is 5.11 Å². The van der Waals surface area contributed by atoms with Crippen LogP contribution in [-0.4, -0.2) is 59.6 Å². The molecule has 1 heterocycles. The van der Waals surface area contributed by atoms with Gasteiger partial charge in [-0.3, -0.25) is 14.6 Å². The Kier molecular flexibility index (Phi) is 7.92. The monoisotopic (exact) mass is 438 g/mol. The molecule has 168 valence electrons. The molecule has 1 atom stereocenters. The summed E-state index contributed by atoms with van der Waals surface area (Å²) in [6, 6.07) is 30.2. The van der Waals surface area contributed by atoms with Gasteiger partial charge in [0.25, 0.3) is 0 Å². The molecule has 0 unspecified atom stereocenters. The second kappa shape index (κ2) is 11.5. The average Bonchev–Trinajstić information content (AvgIpc) is 2.87. The molecule has 3 aromatic carbocycles. The Morgan fingerprint density at radius 3 is 2.03 bits per heavy atom. The Balaban J connectivity index is 1.41. The number of hydrogen-bond acceptors (Lipinski definition) is 3. The fourth-order valence-electron chi connectivity index (χ4n) is 4.44. The third kappa shape index (κ3) is 6.32. The maximum atomic E-state index is 12.2. The van der Waals surface area contributed by atoms with Gasteiger partial charge in [0, 0.05) is 50.6 Å². The van der Waals surface area contributed by atoms with E-state index >= 15 is 0 Å².